The second-order valence-electron chi connectivity index (χ2n) is 4.53. The highest BCUT2D eigenvalue weighted by molar-refractivity contribution is 6.30. The summed E-state index contributed by atoms with van der Waals surface area (Å²) in [5.41, 5.74) is 1.90. The third-order valence-electron chi connectivity index (χ3n) is 3.14. The van der Waals surface area contributed by atoms with Gasteiger partial charge in [-0.1, -0.05) is 11.6 Å². The number of fused-ring (bicyclic) bond motifs is 1. The van der Waals surface area contributed by atoms with E-state index in [1.807, 2.05) is 6.07 Å². The van der Waals surface area contributed by atoms with Crippen LogP contribution in [0.25, 0.3) is 0 Å². The van der Waals surface area contributed by atoms with Gasteiger partial charge in [0.25, 0.3) is 5.82 Å². The summed E-state index contributed by atoms with van der Waals surface area (Å²) in [4.78, 5) is 11.8. The van der Waals surface area contributed by atoms with Gasteiger partial charge in [0.2, 0.25) is 0 Å². The number of rotatable bonds is 4. The lowest BCUT2D eigenvalue weighted by molar-refractivity contribution is 0.0505. The van der Waals surface area contributed by atoms with E-state index in [0.29, 0.717) is 18.2 Å². The molecule has 0 bridgehead atoms. The summed E-state index contributed by atoms with van der Waals surface area (Å²) in [5.74, 6) is 0.301. The first-order valence-corrected chi connectivity index (χ1v) is 6.94. The lowest BCUT2D eigenvalue weighted by atomic mass is 10.1. The Morgan fingerprint density at radius 2 is 2.38 bits per heavy atom. The Morgan fingerprint density at radius 1 is 1.52 bits per heavy atom. The second-order valence-corrected chi connectivity index (χ2v) is 4.97. The summed E-state index contributed by atoms with van der Waals surface area (Å²) in [7, 11) is 0. The number of benzene rings is 1. The Kier molecular flexibility index (Phi) is 3.74. The van der Waals surface area contributed by atoms with Gasteiger partial charge < -0.3 is 9.47 Å². The quantitative estimate of drug-likeness (QED) is 0.796. The van der Waals surface area contributed by atoms with Gasteiger partial charge in [0.15, 0.2) is 0 Å². The van der Waals surface area contributed by atoms with E-state index in [2.05, 4.69) is 15.5 Å². The number of hydrogen-bond acceptors (Lipinski definition) is 6. The van der Waals surface area contributed by atoms with E-state index in [9.17, 15) is 4.79 Å². The van der Waals surface area contributed by atoms with Crippen molar-refractivity contribution in [3.05, 3.63) is 34.1 Å². The van der Waals surface area contributed by atoms with Gasteiger partial charge >= 0.3 is 5.97 Å². The number of ether oxygens (including phenoxy) is 2. The molecule has 2 aromatic rings. The van der Waals surface area contributed by atoms with Crippen molar-refractivity contribution < 1.29 is 14.3 Å². The molecule has 0 atom stereocenters. The average molecular weight is 309 g/mol. The van der Waals surface area contributed by atoms with E-state index >= 15 is 0 Å². The van der Waals surface area contributed by atoms with Gasteiger partial charge in [-0.3, -0.25) is 0 Å². The monoisotopic (exact) mass is 308 g/mol. The molecule has 0 unspecified atom stereocenters. The van der Waals surface area contributed by atoms with Crippen molar-refractivity contribution >= 4 is 17.6 Å². The number of hydrogen-bond donors (Lipinski definition) is 0. The van der Waals surface area contributed by atoms with E-state index < -0.39 is 5.97 Å². The standard InChI is InChI=1S/C13H13ClN4O3/c1-2-20-13(19)12-15-16-17-18(12)7-9-6-10(14)5-8-3-4-21-11(8)9/h5-6H,2-4,7H2,1H3. The highest BCUT2D eigenvalue weighted by Gasteiger charge is 2.21. The van der Waals surface area contributed by atoms with E-state index in [-0.39, 0.29) is 12.4 Å². The SMILES string of the molecule is CCOC(=O)c1nnnn1Cc1cc(Cl)cc2c1OCC2. The number of nitrogens with zero attached hydrogens (tertiary/aromatic N) is 4. The van der Waals surface area contributed by atoms with Gasteiger partial charge in [-0.05, 0) is 35.0 Å². The Balaban J connectivity index is 1.92. The van der Waals surface area contributed by atoms with Crippen molar-refractivity contribution in [3.8, 4) is 5.75 Å². The van der Waals surface area contributed by atoms with E-state index in [0.717, 1.165) is 23.3 Å². The fourth-order valence-electron chi connectivity index (χ4n) is 2.28. The molecular formula is C13H13ClN4O3. The van der Waals surface area contributed by atoms with Gasteiger partial charge in [-0.25, -0.2) is 9.48 Å². The van der Waals surface area contributed by atoms with Crippen molar-refractivity contribution in [1.29, 1.82) is 0 Å². The van der Waals surface area contributed by atoms with E-state index in [4.69, 9.17) is 21.1 Å². The number of aromatic nitrogens is 4. The fourth-order valence-corrected chi connectivity index (χ4v) is 2.54. The molecule has 0 saturated heterocycles. The number of halogens is 1. The maximum atomic E-state index is 11.8. The molecule has 1 aromatic heterocycles. The average Bonchev–Trinajstić information content (AvgIpc) is 3.07. The van der Waals surface area contributed by atoms with Crippen LogP contribution in [0.4, 0.5) is 0 Å². The van der Waals surface area contributed by atoms with Crippen molar-refractivity contribution in [2.45, 2.75) is 19.9 Å². The zero-order chi connectivity index (χ0) is 14.8. The first kappa shape index (κ1) is 13.8. The topological polar surface area (TPSA) is 79.1 Å². The molecule has 1 aliphatic heterocycles. The molecule has 0 amide bonds. The predicted octanol–water partition coefficient (Wildman–Crippen LogP) is 1.49. The molecule has 0 spiro atoms. The zero-order valence-electron chi connectivity index (χ0n) is 11.4. The Morgan fingerprint density at radius 3 is 3.19 bits per heavy atom. The van der Waals surface area contributed by atoms with Crippen LogP contribution >= 0.6 is 11.6 Å². The first-order valence-electron chi connectivity index (χ1n) is 6.56. The summed E-state index contributed by atoms with van der Waals surface area (Å²) in [6.07, 6.45) is 0.823. The van der Waals surface area contributed by atoms with Gasteiger partial charge in [-0.15, -0.1) is 5.10 Å². The Labute approximate surface area is 125 Å². The van der Waals surface area contributed by atoms with Crippen molar-refractivity contribution in [1.82, 2.24) is 20.2 Å². The number of carbonyl (C=O) groups excluding carboxylic acids is 1. The third kappa shape index (κ3) is 2.69. The van der Waals surface area contributed by atoms with E-state index in [1.165, 1.54) is 4.68 Å². The third-order valence-corrected chi connectivity index (χ3v) is 3.35. The minimum atomic E-state index is -0.554. The molecule has 3 rings (SSSR count). The molecule has 1 aliphatic rings. The van der Waals surface area contributed by atoms with Gasteiger partial charge in [0.1, 0.15) is 5.75 Å². The van der Waals surface area contributed by atoms with Crippen LogP contribution in [0, 0.1) is 0 Å². The van der Waals surface area contributed by atoms with Crippen molar-refractivity contribution in [3.63, 3.8) is 0 Å². The molecule has 110 valence electrons. The van der Waals surface area contributed by atoms with Gasteiger partial charge in [-0.2, -0.15) is 0 Å². The Bertz CT molecular complexity index is 686. The van der Waals surface area contributed by atoms with Crippen LogP contribution in [-0.2, 0) is 17.7 Å². The van der Waals surface area contributed by atoms with Gasteiger partial charge in [0, 0.05) is 17.0 Å². The highest BCUT2D eigenvalue weighted by Crippen LogP contribution is 2.33. The molecule has 7 nitrogen and oxygen atoms in total. The minimum Gasteiger partial charge on any atom is -0.493 e. The highest BCUT2D eigenvalue weighted by atomic mass is 35.5. The molecule has 1 aromatic carbocycles. The summed E-state index contributed by atoms with van der Waals surface area (Å²) < 4.78 is 11.9. The maximum Gasteiger partial charge on any atom is 0.378 e. The van der Waals surface area contributed by atoms with Crippen LogP contribution < -0.4 is 4.74 Å². The van der Waals surface area contributed by atoms with Crippen LogP contribution in [0.15, 0.2) is 12.1 Å². The molecule has 21 heavy (non-hydrogen) atoms. The Hall–Kier alpha value is -2.15. The van der Waals surface area contributed by atoms with Crippen LogP contribution in [0.3, 0.4) is 0 Å². The minimum absolute atomic E-state index is 0.0589. The summed E-state index contributed by atoms with van der Waals surface area (Å²) >= 11 is 6.11. The molecule has 0 aliphatic carbocycles. The fraction of sp³-hybridized carbons (Fsp3) is 0.385. The summed E-state index contributed by atoms with van der Waals surface area (Å²) in [5, 5.41) is 11.7. The van der Waals surface area contributed by atoms with Crippen molar-refractivity contribution in [2.75, 3.05) is 13.2 Å². The number of tetrazole rings is 1. The van der Waals surface area contributed by atoms with Crippen LogP contribution in [0.2, 0.25) is 5.02 Å². The largest absolute Gasteiger partial charge is 0.493 e. The predicted molar refractivity (Wildman–Crippen MR) is 73.5 cm³/mol. The molecule has 0 radical (unpaired) electrons. The second kappa shape index (κ2) is 5.69. The van der Waals surface area contributed by atoms with Crippen LogP contribution in [0.5, 0.6) is 5.75 Å². The van der Waals surface area contributed by atoms with E-state index in [1.54, 1.807) is 13.0 Å². The van der Waals surface area contributed by atoms with Crippen LogP contribution in [-0.4, -0.2) is 39.4 Å². The lowest BCUT2D eigenvalue weighted by Crippen LogP contribution is -2.15. The number of esters is 1. The lowest BCUT2D eigenvalue weighted by Gasteiger charge is -2.09. The molecule has 2 heterocycles. The zero-order valence-corrected chi connectivity index (χ0v) is 12.1. The van der Waals surface area contributed by atoms with Gasteiger partial charge in [0.05, 0.1) is 19.8 Å². The normalized spacial score (nSPS) is 12.9. The molecule has 0 N–H and O–H groups in total. The molecule has 0 saturated carbocycles. The first-order chi connectivity index (χ1) is 10.2. The number of carbonyl (C=O) groups is 1. The van der Waals surface area contributed by atoms with Crippen molar-refractivity contribution in [2.24, 2.45) is 0 Å². The maximum absolute atomic E-state index is 11.8. The summed E-state index contributed by atoms with van der Waals surface area (Å²) in [6.45, 7) is 2.91. The smallest absolute Gasteiger partial charge is 0.378 e. The van der Waals surface area contributed by atoms with Crippen LogP contribution in [0.1, 0.15) is 28.7 Å². The summed E-state index contributed by atoms with van der Waals surface area (Å²) in [6, 6.07) is 3.68. The molecule has 8 heteroatoms. The molecule has 0 fully saturated rings. The molecular weight excluding hydrogens is 296 g/mol.